The molecular weight excluding hydrogens is 334 g/mol. The summed E-state index contributed by atoms with van der Waals surface area (Å²) < 4.78 is 10.6. The first-order chi connectivity index (χ1) is 12.5. The second-order valence-electron chi connectivity index (χ2n) is 6.16. The van der Waals surface area contributed by atoms with Crippen LogP contribution in [0.3, 0.4) is 0 Å². The molecule has 0 aromatic heterocycles. The summed E-state index contributed by atoms with van der Waals surface area (Å²) >= 11 is 0. The van der Waals surface area contributed by atoms with Crippen molar-refractivity contribution in [2.45, 2.75) is 18.9 Å². The van der Waals surface area contributed by atoms with Gasteiger partial charge < -0.3 is 19.5 Å². The molecule has 1 aliphatic heterocycles. The minimum Gasteiger partial charge on any atom is -0.493 e. The molecule has 0 spiro atoms. The number of amides is 1. The molecule has 0 bridgehead atoms. The largest absolute Gasteiger partial charge is 0.493 e. The van der Waals surface area contributed by atoms with Crippen molar-refractivity contribution >= 4 is 11.9 Å². The molecule has 26 heavy (non-hydrogen) atoms. The fraction of sp³-hybridized carbons (Fsp3) is 0.300. The minimum absolute atomic E-state index is 0.0733. The Kier molecular flexibility index (Phi) is 5.11. The zero-order valence-electron chi connectivity index (χ0n) is 14.8. The average molecular weight is 355 g/mol. The van der Waals surface area contributed by atoms with Gasteiger partial charge in [-0.15, -0.1) is 0 Å². The average Bonchev–Trinajstić information content (AvgIpc) is 3.16. The summed E-state index contributed by atoms with van der Waals surface area (Å²) in [5.74, 6) is 0.0568. The molecule has 0 aliphatic carbocycles. The first kappa shape index (κ1) is 17.8. The number of carbonyl (C=O) groups excluding carboxylic acids is 1. The number of carboxylic acids is 1. The Morgan fingerprint density at radius 2 is 1.77 bits per heavy atom. The van der Waals surface area contributed by atoms with Crippen molar-refractivity contribution in [2.24, 2.45) is 0 Å². The van der Waals surface area contributed by atoms with Crippen molar-refractivity contribution in [1.82, 2.24) is 4.90 Å². The van der Waals surface area contributed by atoms with Crippen molar-refractivity contribution in [3.63, 3.8) is 0 Å². The number of rotatable bonds is 5. The summed E-state index contributed by atoms with van der Waals surface area (Å²) in [5.41, 5.74) is 1.47. The van der Waals surface area contributed by atoms with Crippen LogP contribution in [0.4, 0.5) is 0 Å². The van der Waals surface area contributed by atoms with E-state index in [1.807, 2.05) is 18.2 Å². The van der Waals surface area contributed by atoms with Crippen LogP contribution >= 0.6 is 0 Å². The van der Waals surface area contributed by atoms with Crippen LogP contribution in [0.5, 0.6) is 11.5 Å². The van der Waals surface area contributed by atoms with Crippen molar-refractivity contribution in [1.29, 1.82) is 0 Å². The zero-order valence-corrected chi connectivity index (χ0v) is 14.8. The van der Waals surface area contributed by atoms with Gasteiger partial charge in [0.1, 0.15) is 0 Å². The van der Waals surface area contributed by atoms with Crippen molar-refractivity contribution in [3.05, 3.63) is 59.2 Å². The van der Waals surface area contributed by atoms with E-state index < -0.39 is 5.97 Å². The third-order valence-corrected chi connectivity index (χ3v) is 4.66. The number of carbonyl (C=O) groups is 2. The van der Waals surface area contributed by atoms with E-state index >= 15 is 0 Å². The van der Waals surface area contributed by atoms with Crippen LogP contribution in [0.2, 0.25) is 0 Å². The quantitative estimate of drug-likeness (QED) is 0.890. The van der Waals surface area contributed by atoms with Gasteiger partial charge in [-0.05, 0) is 48.7 Å². The number of hydrogen-bond donors (Lipinski definition) is 1. The highest BCUT2D eigenvalue weighted by Gasteiger charge is 2.31. The normalized spacial score (nSPS) is 16.4. The van der Waals surface area contributed by atoms with Gasteiger partial charge in [0.2, 0.25) is 0 Å². The number of methoxy groups -OCH3 is 2. The van der Waals surface area contributed by atoms with E-state index in [9.17, 15) is 9.59 Å². The van der Waals surface area contributed by atoms with Crippen LogP contribution < -0.4 is 9.47 Å². The second kappa shape index (κ2) is 7.47. The van der Waals surface area contributed by atoms with Gasteiger partial charge in [-0.3, -0.25) is 4.79 Å². The van der Waals surface area contributed by atoms with Crippen LogP contribution in [0.1, 0.15) is 45.2 Å². The highest BCUT2D eigenvalue weighted by molar-refractivity contribution is 5.97. The summed E-state index contributed by atoms with van der Waals surface area (Å²) in [5, 5.41) is 9.14. The fourth-order valence-corrected chi connectivity index (χ4v) is 3.37. The fourth-order valence-electron chi connectivity index (χ4n) is 3.37. The smallest absolute Gasteiger partial charge is 0.335 e. The Morgan fingerprint density at radius 1 is 1.04 bits per heavy atom. The predicted octanol–water partition coefficient (Wildman–Crippen LogP) is 3.38. The molecule has 0 saturated carbocycles. The van der Waals surface area contributed by atoms with Crippen LogP contribution in [-0.4, -0.2) is 42.6 Å². The molecule has 1 atom stereocenters. The van der Waals surface area contributed by atoms with Crippen molar-refractivity contribution < 1.29 is 24.2 Å². The maximum atomic E-state index is 13.0. The number of nitrogens with zero attached hydrogens (tertiary/aromatic N) is 1. The summed E-state index contributed by atoms with van der Waals surface area (Å²) in [6.07, 6.45) is 1.74. The van der Waals surface area contributed by atoms with Crippen LogP contribution in [0, 0.1) is 0 Å². The van der Waals surface area contributed by atoms with E-state index in [1.54, 1.807) is 31.3 Å². The first-order valence-electron chi connectivity index (χ1n) is 8.41. The van der Waals surface area contributed by atoms with E-state index in [2.05, 4.69) is 0 Å². The standard InChI is InChI=1S/C20H21NO5/c1-25-17-9-8-13(12-18(17)26-2)16-7-4-10-21(16)19(22)14-5-3-6-15(11-14)20(23)24/h3,5-6,8-9,11-12,16H,4,7,10H2,1-2H3,(H,23,24). The molecule has 3 rings (SSSR count). The molecule has 6 nitrogen and oxygen atoms in total. The molecule has 0 radical (unpaired) electrons. The molecule has 1 amide bonds. The number of benzene rings is 2. The second-order valence-corrected chi connectivity index (χ2v) is 6.16. The minimum atomic E-state index is -1.04. The van der Waals surface area contributed by atoms with Crippen molar-refractivity contribution in [3.8, 4) is 11.5 Å². The Hall–Kier alpha value is -3.02. The molecule has 1 aliphatic rings. The van der Waals surface area contributed by atoms with Crippen LogP contribution in [-0.2, 0) is 0 Å². The molecular formula is C20H21NO5. The van der Waals surface area contributed by atoms with E-state index in [1.165, 1.54) is 12.1 Å². The van der Waals surface area contributed by atoms with Gasteiger partial charge >= 0.3 is 5.97 Å². The summed E-state index contributed by atoms with van der Waals surface area (Å²) in [6, 6.07) is 11.7. The summed E-state index contributed by atoms with van der Waals surface area (Å²) in [7, 11) is 3.16. The summed E-state index contributed by atoms with van der Waals surface area (Å²) in [6.45, 7) is 0.634. The summed E-state index contributed by atoms with van der Waals surface area (Å²) in [4.78, 5) is 25.9. The molecule has 136 valence electrons. The Labute approximate surface area is 152 Å². The Balaban J connectivity index is 1.89. The lowest BCUT2D eigenvalue weighted by Crippen LogP contribution is -2.30. The maximum Gasteiger partial charge on any atom is 0.335 e. The van der Waals surface area contributed by atoms with Crippen molar-refractivity contribution in [2.75, 3.05) is 20.8 Å². The van der Waals surface area contributed by atoms with Gasteiger partial charge in [0, 0.05) is 12.1 Å². The van der Waals surface area contributed by atoms with E-state index in [0.29, 0.717) is 23.6 Å². The van der Waals surface area contributed by atoms with Gasteiger partial charge in [-0.25, -0.2) is 4.79 Å². The topological polar surface area (TPSA) is 76.1 Å². The molecule has 2 aromatic carbocycles. The lowest BCUT2D eigenvalue weighted by atomic mass is 10.0. The highest BCUT2D eigenvalue weighted by Crippen LogP contribution is 2.37. The molecule has 1 saturated heterocycles. The van der Waals surface area contributed by atoms with Gasteiger partial charge in [-0.2, -0.15) is 0 Å². The Morgan fingerprint density at radius 3 is 2.46 bits per heavy atom. The number of likely N-dealkylation sites (tertiary alicyclic amines) is 1. The first-order valence-corrected chi connectivity index (χ1v) is 8.41. The van der Waals surface area contributed by atoms with E-state index in [-0.39, 0.29) is 17.5 Å². The van der Waals surface area contributed by atoms with E-state index in [4.69, 9.17) is 14.6 Å². The third-order valence-electron chi connectivity index (χ3n) is 4.66. The van der Waals surface area contributed by atoms with Gasteiger partial charge in [-0.1, -0.05) is 12.1 Å². The zero-order chi connectivity index (χ0) is 18.7. The van der Waals surface area contributed by atoms with Gasteiger partial charge in [0.25, 0.3) is 5.91 Å². The monoisotopic (exact) mass is 355 g/mol. The lowest BCUT2D eigenvalue weighted by molar-refractivity contribution is 0.0697. The lowest BCUT2D eigenvalue weighted by Gasteiger charge is -2.26. The molecule has 1 fully saturated rings. The third kappa shape index (κ3) is 3.35. The van der Waals surface area contributed by atoms with Crippen LogP contribution in [0.15, 0.2) is 42.5 Å². The number of hydrogen-bond acceptors (Lipinski definition) is 4. The molecule has 1 N–H and O–H groups in total. The van der Waals surface area contributed by atoms with Crippen LogP contribution in [0.25, 0.3) is 0 Å². The number of carboxylic acid groups (broad SMARTS) is 1. The molecule has 1 unspecified atom stereocenters. The SMILES string of the molecule is COc1ccc(C2CCCN2C(=O)c2cccc(C(=O)O)c2)cc1OC. The highest BCUT2D eigenvalue weighted by atomic mass is 16.5. The van der Waals surface area contributed by atoms with Gasteiger partial charge in [0.15, 0.2) is 11.5 Å². The molecule has 1 heterocycles. The predicted molar refractivity (Wildman–Crippen MR) is 96.0 cm³/mol. The molecule has 6 heteroatoms. The molecule has 2 aromatic rings. The maximum absolute atomic E-state index is 13.0. The Bertz CT molecular complexity index is 833. The van der Waals surface area contributed by atoms with E-state index in [0.717, 1.165) is 18.4 Å². The number of ether oxygens (including phenoxy) is 2. The number of aromatic carboxylic acids is 1. The van der Waals surface area contributed by atoms with Gasteiger partial charge in [0.05, 0.1) is 25.8 Å².